The molecule has 0 atom stereocenters. The first-order chi connectivity index (χ1) is 5.68. The van der Waals surface area contributed by atoms with Gasteiger partial charge in [0.25, 0.3) is 0 Å². The molecule has 0 saturated carbocycles. The van der Waals surface area contributed by atoms with Crippen LogP contribution in [0.1, 0.15) is 0 Å². The minimum Gasteiger partial charge on any atom is -0.492 e. The van der Waals surface area contributed by atoms with Crippen molar-refractivity contribution in [2.45, 2.75) is 0 Å². The van der Waals surface area contributed by atoms with E-state index in [1.165, 1.54) is 6.20 Å². The molecule has 2 rings (SSSR count). The molecule has 62 valence electrons. The van der Waals surface area contributed by atoms with E-state index in [4.69, 9.17) is 16.7 Å². The second-order valence-corrected chi connectivity index (χ2v) is 3.51. The highest BCUT2D eigenvalue weighted by Gasteiger charge is 2.05. The van der Waals surface area contributed by atoms with E-state index in [9.17, 15) is 0 Å². The molecule has 0 aliphatic carbocycles. The number of aromatic nitrogens is 2. The third-order valence-electron chi connectivity index (χ3n) is 1.51. The van der Waals surface area contributed by atoms with E-state index in [2.05, 4.69) is 20.9 Å². The predicted molar refractivity (Wildman–Crippen MR) is 49.6 cm³/mol. The summed E-state index contributed by atoms with van der Waals surface area (Å²) >= 11 is 9.17. The zero-order chi connectivity index (χ0) is 8.72. The highest BCUT2D eigenvalue weighted by atomic mass is 79.9. The Morgan fingerprint density at radius 3 is 3.00 bits per heavy atom. The second-order valence-electron chi connectivity index (χ2n) is 2.30. The summed E-state index contributed by atoms with van der Waals surface area (Å²) in [6.45, 7) is 0. The number of pyridine rings is 1. The summed E-state index contributed by atoms with van der Waals surface area (Å²) in [7, 11) is 0. The third-order valence-corrected chi connectivity index (χ3v) is 2.76. The number of rotatable bonds is 0. The molecule has 0 spiro atoms. The molecule has 0 aliphatic rings. The molecule has 2 aromatic heterocycles. The van der Waals surface area contributed by atoms with Crippen LogP contribution in [-0.4, -0.2) is 14.5 Å². The van der Waals surface area contributed by atoms with Gasteiger partial charge in [-0.1, -0.05) is 11.6 Å². The van der Waals surface area contributed by atoms with Crippen LogP contribution in [0.15, 0.2) is 22.8 Å². The number of fused-ring (bicyclic) bond motifs is 1. The molecule has 1 N–H and O–H groups in total. The smallest absolute Gasteiger partial charge is 0.230 e. The quantitative estimate of drug-likeness (QED) is 0.726. The zero-order valence-corrected chi connectivity index (χ0v) is 8.17. The molecule has 2 aromatic rings. The van der Waals surface area contributed by atoms with E-state index in [-0.39, 0.29) is 5.88 Å². The van der Waals surface area contributed by atoms with E-state index < -0.39 is 0 Å². The maximum absolute atomic E-state index is 9.07. The van der Waals surface area contributed by atoms with Crippen molar-refractivity contribution in [3.8, 4) is 5.88 Å². The van der Waals surface area contributed by atoms with E-state index in [0.717, 1.165) is 4.47 Å². The summed E-state index contributed by atoms with van der Waals surface area (Å²) in [5.41, 5.74) is 0.626. The Bertz CT molecular complexity index is 440. The summed E-state index contributed by atoms with van der Waals surface area (Å²) in [5.74, 6) is -0.0324. The fraction of sp³-hybridized carbons (Fsp3) is 0. The van der Waals surface area contributed by atoms with Crippen LogP contribution in [0.25, 0.3) is 5.65 Å². The molecule has 0 aliphatic heterocycles. The first-order valence-corrected chi connectivity index (χ1v) is 4.37. The van der Waals surface area contributed by atoms with Crippen molar-refractivity contribution < 1.29 is 5.11 Å². The predicted octanol–water partition coefficient (Wildman–Crippen LogP) is 2.46. The number of aromatic hydroxyl groups is 1. The van der Waals surface area contributed by atoms with Gasteiger partial charge in [-0.3, -0.25) is 4.40 Å². The lowest BCUT2D eigenvalue weighted by atomic mass is 10.5. The van der Waals surface area contributed by atoms with E-state index >= 15 is 0 Å². The SMILES string of the molecule is Oc1cn2c(Cl)c(Br)ccc2n1. The Morgan fingerprint density at radius 1 is 1.50 bits per heavy atom. The fourth-order valence-corrected chi connectivity index (χ4v) is 1.51. The molecule has 0 fully saturated rings. The maximum atomic E-state index is 9.07. The summed E-state index contributed by atoms with van der Waals surface area (Å²) in [6.07, 6.45) is 1.46. The first-order valence-electron chi connectivity index (χ1n) is 3.20. The summed E-state index contributed by atoms with van der Waals surface area (Å²) in [6, 6.07) is 3.54. The topological polar surface area (TPSA) is 37.5 Å². The summed E-state index contributed by atoms with van der Waals surface area (Å²) in [4.78, 5) is 3.83. The van der Waals surface area contributed by atoms with Gasteiger partial charge in [-0.25, -0.2) is 0 Å². The van der Waals surface area contributed by atoms with Crippen molar-refractivity contribution in [3.05, 3.63) is 28.0 Å². The van der Waals surface area contributed by atoms with Gasteiger partial charge in [0, 0.05) is 0 Å². The monoisotopic (exact) mass is 246 g/mol. The largest absolute Gasteiger partial charge is 0.492 e. The van der Waals surface area contributed by atoms with E-state index in [0.29, 0.717) is 10.8 Å². The van der Waals surface area contributed by atoms with Gasteiger partial charge in [0.1, 0.15) is 10.8 Å². The average Bonchev–Trinajstić information content (AvgIpc) is 2.39. The van der Waals surface area contributed by atoms with Crippen molar-refractivity contribution >= 4 is 33.2 Å². The Labute approximate surface area is 81.7 Å². The van der Waals surface area contributed by atoms with Crippen molar-refractivity contribution in [2.24, 2.45) is 0 Å². The van der Waals surface area contributed by atoms with Crippen molar-refractivity contribution in [3.63, 3.8) is 0 Å². The summed E-state index contributed by atoms with van der Waals surface area (Å²) in [5, 5.41) is 9.57. The highest BCUT2D eigenvalue weighted by Crippen LogP contribution is 2.24. The molecule has 3 nitrogen and oxygen atoms in total. The van der Waals surface area contributed by atoms with Crippen LogP contribution in [0, 0.1) is 0 Å². The molecule has 0 saturated heterocycles. The third kappa shape index (κ3) is 1.07. The van der Waals surface area contributed by atoms with Crippen molar-refractivity contribution in [1.82, 2.24) is 9.38 Å². The Hall–Kier alpha value is -0.740. The first kappa shape index (κ1) is 7.89. The number of halogens is 2. The van der Waals surface area contributed by atoms with Crippen LogP contribution in [0.4, 0.5) is 0 Å². The van der Waals surface area contributed by atoms with Gasteiger partial charge in [-0.05, 0) is 28.1 Å². The molecular formula is C7H4BrClN2O. The lowest BCUT2D eigenvalue weighted by Gasteiger charge is -1.97. The normalized spacial score (nSPS) is 10.8. The average molecular weight is 247 g/mol. The molecule has 0 amide bonds. The maximum Gasteiger partial charge on any atom is 0.230 e. The minimum absolute atomic E-state index is 0.0324. The number of hydrogen-bond donors (Lipinski definition) is 1. The van der Waals surface area contributed by atoms with Gasteiger partial charge in [0.15, 0.2) is 0 Å². The number of imidazole rings is 1. The van der Waals surface area contributed by atoms with E-state index in [1.54, 1.807) is 16.5 Å². The lowest BCUT2D eigenvalue weighted by molar-refractivity contribution is 0.457. The van der Waals surface area contributed by atoms with Gasteiger partial charge in [-0.2, -0.15) is 4.98 Å². The lowest BCUT2D eigenvalue weighted by Crippen LogP contribution is -1.84. The zero-order valence-electron chi connectivity index (χ0n) is 5.83. The number of hydrogen-bond acceptors (Lipinski definition) is 2. The molecule has 5 heteroatoms. The molecule has 12 heavy (non-hydrogen) atoms. The van der Waals surface area contributed by atoms with Crippen LogP contribution in [0.5, 0.6) is 5.88 Å². The van der Waals surface area contributed by atoms with Gasteiger partial charge in [-0.15, -0.1) is 0 Å². The Kier molecular flexibility index (Phi) is 1.73. The van der Waals surface area contributed by atoms with Crippen molar-refractivity contribution in [1.29, 1.82) is 0 Å². The Morgan fingerprint density at radius 2 is 2.25 bits per heavy atom. The van der Waals surface area contributed by atoms with Crippen LogP contribution in [-0.2, 0) is 0 Å². The standard InChI is InChI=1S/C7H4BrClN2O/c8-4-1-2-5-10-6(12)3-11(5)7(4)9/h1-3,12H. The highest BCUT2D eigenvalue weighted by molar-refractivity contribution is 9.10. The Balaban J connectivity index is 2.89. The molecule has 0 aromatic carbocycles. The van der Waals surface area contributed by atoms with E-state index in [1.807, 2.05) is 0 Å². The second kappa shape index (κ2) is 2.64. The van der Waals surface area contributed by atoms with Crippen LogP contribution in [0.2, 0.25) is 5.15 Å². The van der Waals surface area contributed by atoms with Crippen LogP contribution in [0.3, 0.4) is 0 Å². The summed E-state index contributed by atoms with van der Waals surface area (Å²) < 4.78 is 2.37. The number of nitrogens with zero attached hydrogens (tertiary/aromatic N) is 2. The fourth-order valence-electron chi connectivity index (χ4n) is 0.988. The molecular weight excluding hydrogens is 243 g/mol. The molecule has 0 bridgehead atoms. The van der Waals surface area contributed by atoms with Crippen LogP contribution < -0.4 is 0 Å². The molecule has 0 unspecified atom stereocenters. The van der Waals surface area contributed by atoms with Gasteiger partial charge in [0.05, 0.1) is 10.7 Å². The van der Waals surface area contributed by atoms with Gasteiger partial charge < -0.3 is 5.11 Å². The van der Waals surface area contributed by atoms with Crippen molar-refractivity contribution in [2.75, 3.05) is 0 Å². The molecule has 2 heterocycles. The van der Waals surface area contributed by atoms with Gasteiger partial charge in [0.2, 0.25) is 5.88 Å². The minimum atomic E-state index is -0.0324. The van der Waals surface area contributed by atoms with Gasteiger partial charge >= 0.3 is 0 Å². The van der Waals surface area contributed by atoms with Crippen LogP contribution >= 0.6 is 27.5 Å². The molecule has 0 radical (unpaired) electrons.